The quantitative estimate of drug-likeness (QED) is 0.543. The van der Waals surface area contributed by atoms with Crippen molar-refractivity contribution in [2.45, 2.75) is 13.8 Å². The number of hydrogen-bond donors (Lipinski definition) is 1. The van der Waals surface area contributed by atoms with Crippen molar-refractivity contribution < 1.29 is 23.4 Å². The number of rotatable bonds is 7. The van der Waals surface area contributed by atoms with Gasteiger partial charge < -0.3 is 19.2 Å². The normalized spacial score (nSPS) is 10.6. The van der Waals surface area contributed by atoms with Gasteiger partial charge in [0.15, 0.2) is 24.0 Å². The first-order valence-electron chi connectivity index (χ1n) is 8.90. The minimum atomic E-state index is -1.02. The van der Waals surface area contributed by atoms with Crippen molar-refractivity contribution in [3.8, 4) is 23.3 Å². The molecule has 0 saturated carbocycles. The van der Waals surface area contributed by atoms with Crippen LogP contribution < -0.4 is 20.7 Å². The Bertz CT molecular complexity index is 1210. The number of hydrogen-bond acceptors (Lipinski definition) is 8. The molecule has 0 saturated heterocycles. The van der Waals surface area contributed by atoms with E-state index >= 15 is 0 Å². The smallest absolute Gasteiger partial charge is 0.344 e. The number of carbonyl (C=O) groups excluding carboxylic acids is 1. The molecule has 0 fully saturated rings. The van der Waals surface area contributed by atoms with Crippen molar-refractivity contribution in [3.63, 3.8) is 0 Å². The predicted molar refractivity (Wildman–Crippen MR) is 107 cm³/mol. The van der Waals surface area contributed by atoms with Crippen LogP contribution in [0.1, 0.15) is 12.6 Å². The Morgan fingerprint density at radius 2 is 2.06 bits per heavy atom. The van der Waals surface area contributed by atoms with Crippen molar-refractivity contribution in [3.05, 3.63) is 67.8 Å². The zero-order valence-corrected chi connectivity index (χ0v) is 17.1. The Balaban J connectivity index is 1.98. The van der Waals surface area contributed by atoms with E-state index in [1.165, 1.54) is 25.3 Å². The fourth-order valence-corrected chi connectivity index (χ4v) is 2.65. The molecule has 0 aliphatic rings. The molecule has 0 radical (unpaired) electrons. The molecule has 0 bridgehead atoms. The van der Waals surface area contributed by atoms with Gasteiger partial charge in [0.1, 0.15) is 5.02 Å². The van der Waals surface area contributed by atoms with E-state index in [1.54, 1.807) is 6.92 Å². The van der Waals surface area contributed by atoms with Gasteiger partial charge in [0.05, 0.1) is 6.61 Å². The maximum absolute atomic E-state index is 14.5. The number of nitrogens with one attached hydrogen (secondary N) is 1. The summed E-state index contributed by atoms with van der Waals surface area (Å²) in [6, 6.07) is 4.92. The van der Waals surface area contributed by atoms with Crippen molar-refractivity contribution in [1.82, 2.24) is 19.5 Å². The van der Waals surface area contributed by atoms with Gasteiger partial charge in [0, 0.05) is 24.0 Å². The fraction of sp³-hybridized carbons (Fsp3) is 0.211. The van der Waals surface area contributed by atoms with Crippen molar-refractivity contribution in [2.75, 3.05) is 13.2 Å². The second-order valence-corrected chi connectivity index (χ2v) is 6.42. The summed E-state index contributed by atoms with van der Waals surface area (Å²) in [5, 5.41) is -0.238. The Morgan fingerprint density at radius 3 is 2.77 bits per heavy atom. The lowest BCUT2D eigenvalue weighted by Gasteiger charge is -2.13. The molecule has 3 aromatic rings. The molecule has 0 aromatic carbocycles. The number of H-pyrrole nitrogens is 1. The number of aromatic nitrogens is 4. The molecule has 1 N–H and O–H groups in total. The summed E-state index contributed by atoms with van der Waals surface area (Å²) in [6.07, 6.45) is 1.39. The number of aryl methyl sites for hydroxylation is 1. The standard InChI is InChI=1S/C19H16ClFN4O6/c1-3-29-15(27)9-30-18-13(5-4-6-22-18)31-17-11(20)8-12(21)16(24-17)25-14(26)7-10(2)23-19(25)28/h4-8H,3,9H2,1-2H3,(H,23,28). The van der Waals surface area contributed by atoms with Gasteiger partial charge >= 0.3 is 11.7 Å². The van der Waals surface area contributed by atoms with E-state index in [9.17, 15) is 18.8 Å². The highest BCUT2D eigenvalue weighted by molar-refractivity contribution is 6.31. The van der Waals surface area contributed by atoms with Gasteiger partial charge in [-0.3, -0.25) is 4.79 Å². The highest BCUT2D eigenvalue weighted by Gasteiger charge is 2.19. The van der Waals surface area contributed by atoms with E-state index in [0.717, 1.165) is 12.1 Å². The summed E-state index contributed by atoms with van der Waals surface area (Å²) in [5.74, 6) is -2.63. The first kappa shape index (κ1) is 22.0. The third-order valence-corrected chi connectivity index (χ3v) is 4.00. The van der Waals surface area contributed by atoms with E-state index in [1.807, 2.05) is 0 Å². The maximum atomic E-state index is 14.5. The topological polar surface area (TPSA) is 125 Å². The van der Waals surface area contributed by atoms with E-state index in [2.05, 4.69) is 15.0 Å². The molecule has 3 rings (SSSR count). The molecule has 0 amide bonds. The van der Waals surface area contributed by atoms with Crippen LogP contribution in [0.3, 0.4) is 0 Å². The predicted octanol–water partition coefficient (Wildman–Crippen LogP) is 2.15. The first-order valence-corrected chi connectivity index (χ1v) is 9.28. The fourth-order valence-electron chi connectivity index (χ4n) is 2.48. The number of aromatic amines is 1. The molecule has 0 aliphatic carbocycles. The molecule has 3 aromatic heterocycles. The highest BCUT2D eigenvalue weighted by atomic mass is 35.5. The SMILES string of the molecule is CCOC(=O)COc1ncccc1Oc1nc(-n2c(=O)cc(C)[nH]c2=O)c(F)cc1Cl. The van der Waals surface area contributed by atoms with Crippen molar-refractivity contribution in [2.24, 2.45) is 0 Å². The molecule has 162 valence electrons. The van der Waals surface area contributed by atoms with Crippen molar-refractivity contribution >= 4 is 17.6 Å². The first-order chi connectivity index (χ1) is 14.8. The van der Waals surface area contributed by atoms with Crippen LogP contribution in [0.5, 0.6) is 17.5 Å². The van der Waals surface area contributed by atoms with Crippen LogP contribution in [-0.4, -0.2) is 38.7 Å². The molecule has 0 atom stereocenters. The average Bonchev–Trinajstić information content (AvgIpc) is 2.70. The third kappa shape index (κ3) is 5.07. The van der Waals surface area contributed by atoms with Gasteiger partial charge in [-0.1, -0.05) is 11.6 Å². The van der Waals surface area contributed by atoms with Crippen LogP contribution in [0.25, 0.3) is 5.82 Å². The lowest BCUT2D eigenvalue weighted by atomic mass is 10.4. The number of pyridine rings is 2. The molecule has 0 spiro atoms. The Hall–Kier alpha value is -3.73. The van der Waals surface area contributed by atoms with Crippen LogP contribution in [0, 0.1) is 12.7 Å². The largest absolute Gasteiger partial charge is 0.463 e. The van der Waals surface area contributed by atoms with E-state index in [-0.39, 0.29) is 29.1 Å². The van der Waals surface area contributed by atoms with Crippen LogP contribution in [0.2, 0.25) is 5.02 Å². The van der Waals surface area contributed by atoms with E-state index in [4.69, 9.17) is 25.8 Å². The second-order valence-electron chi connectivity index (χ2n) is 6.01. The number of halogens is 2. The second kappa shape index (κ2) is 9.39. The van der Waals surface area contributed by atoms with Crippen LogP contribution >= 0.6 is 11.6 Å². The molecule has 10 nitrogen and oxygen atoms in total. The zero-order chi connectivity index (χ0) is 22.5. The molecule has 3 heterocycles. The van der Waals surface area contributed by atoms with Gasteiger partial charge in [0.2, 0.25) is 5.88 Å². The highest BCUT2D eigenvalue weighted by Crippen LogP contribution is 2.33. The summed E-state index contributed by atoms with van der Waals surface area (Å²) < 4.78 is 30.6. The van der Waals surface area contributed by atoms with E-state index < -0.39 is 35.5 Å². The minimum absolute atomic E-state index is 0.00363. The summed E-state index contributed by atoms with van der Waals surface area (Å²) >= 11 is 6.03. The monoisotopic (exact) mass is 450 g/mol. The Morgan fingerprint density at radius 1 is 1.29 bits per heavy atom. The van der Waals surface area contributed by atoms with Crippen LogP contribution in [0.4, 0.5) is 4.39 Å². The molecule has 0 unspecified atom stereocenters. The Kier molecular flexibility index (Phi) is 6.65. The average molecular weight is 451 g/mol. The van der Waals surface area contributed by atoms with Gasteiger partial charge in [-0.15, -0.1) is 0 Å². The van der Waals surface area contributed by atoms with Gasteiger partial charge in [-0.05, 0) is 26.0 Å². The maximum Gasteiger partial charge on any atom is 0.344 e. The summed E-state index contributed by atoms with van der Waals surface area (Å²) in [7, 11) is 0. The molecule has 31 heavy (non-hydrogen) atoms. The lowest BCUT2D eigenvalue weighted by Crippen LogP contribution is -2.35. The van der Waals surface area contributed by atoms with E-state index in [0.29, 0.717) is 10.3 Å². The van der Waals surface area contributed by atoms with Crippen LogP contribution in [-0.2, 0) is 9.53 Å². The molecule has 12 heteroatoms. The lowest BCUT2D eigenvalue weighted by molar-refractivity contribution is -0.145. The number of nitrogens with zero attached hydrogens (tertiary/aromatic N) is 3. The van der Waals surface area contributed by atoms with Gasteiger partial charge in [-0.2, -0.15) is 4.98 Å². The minimum Gasteiger partial charge on any atom is -0.463 e. The zero-order valence-electron chi connectivity index (χ0n) is 16.3. The third-order valence-electron chi connectivity index (χ3n) is 3.73. The number of ether oxygens (including phenoxy) is 3. The van der Waals surface area contributed by atoms with Gasteiger partial charge in [0.25, 0.3) is 11.4 Å². The number of esters is 1. The Labute approximate surface area is 179 Å². The van der Waals surface area contributed by atoms with Gasteiger partial charge in [-0.25, -0.2) is 23.5 Å². The summed E-state index contributed by atoms with van der Waals surface area (Å²) in [6.45, 7) is 2.92. The molecule has 0 aliphatic heterocycles. The summed E-state index contributed by atoms with van der Waals surface area (Å²) in [4.78, 5) is 46.1. The molecular formula is C19H16ClFN4O6. The summed E-state index contributed by atoms with van der Waals surface area (Å²) in [5.41, 5.74) is -1.37. The van der Waals surface area contributed by atoms with Crippen molar-refractivity contribution in [1.29, 1.82) is 0 Å². The molecular weight excluding hydrogens is 435 g/mol. The van der Waals surface area contributed by atoms with Crippen LogP contribution in [0.15, 0.2) is 40.1 Å². The number of carbonyl (C=O) groups is 1.